The third-order valence-electron chi connectivity index (χ3n) is 8.62. The molecule has 0 radical (unpaired) electrons. The molecular formula is C29H43N3O2. The molecule has 2 aliphatic carbocycles. The van der Waals surface area contributed by atoms with Crippen molar-refractivity contribution in [2.75, 3.05) is 7.05 Å². The Bertz CT molecular complexity index is 887. The first-order valence-corrected chi connectivity index (χ1v) is 13.6. The van der Waals surface area contributed by atoms with Crippen LogP contribution in [-0.2, 0) is 16.0 Å². The van der Waals surface area contributed by atoms with E-state index in [4.69, 9.17) is 10.7 Å². The Hall–Kier alpha value is -2.17. The summed E-state index contributed by atoms with van der Waals surface area (Å²) in [7, 11) is 1.76. The van der Waals surface area contributed by atoms with Gasteiger partial charge in [0.1, 0.15) is 11.3 Å². The highest BCUT2D eigenvalue weighted by molar-refractivity contribution is 6.06. The van der Waals surface area contributed by atoms with Crippen LogP contribution in [0.15, 0.2) is 29.3 Å². The summed E-state index contributed by atoms with van der Waals surface area (Å²) in [5.74, 6) is 2.36. The monoisotopic (exact) mass is 465 g/mol. The van der Waals surface area contributed by atoms with Crippen molar-refractivity contribution < 1.29 is 9.59 Å². The Morgan fingerprint density at radius 1 is 1.03 bits per heavy atom. The third-order valence-corrected chi connectivity index (χ3v) is 8.62. The standard InChI is InChI=1S/C29H43N3O2/c1-21-11-13-23(14-12-21)18-26(33)19-24-9-6-10-25(17-24)20-29(27(34)32(2)28(30)31-29)16-15-22-7-4-3-5-8-22/h11-14,22,24-25H,3-10,15-20H2,1-2H3,(H2,30,31)/t24-,25+,29-/m1/s1. The molecule has 1 amide bonds. The van der Waals surface area contributed by atoms with Crippen LogP contribution < -0.4 is 5.73 Å². The maximum atomic E-state index is 13.3. The summed E-state index contributed by atoms with van der Waals surface area (Å²) >= 11 is 0. The lowest BCUT2D eigenvalue weighted by Crippen LogP contribution is -2.44. The number of carbonyl (C=O) groups is 2. The van der Waals surface area contributed by atoms with E-state index in [1.807, 2.05) is 0 Å². The van der Waals surface area contributed by atoms with Crippen molar-refractivity contribution >= 4 is 17.6 Å². The fraction of sp³-hybridized carbons (Fsp3) is 0.690. The number of aliphatic imine (C=N–C) groups is 1. The molecule has 0 saturated heterocycles. The molecule has 2 N–H and O–H groups in total. The summed E-state index contributed by atoms with van der Waals surface area (Å²) in [6, 6.07) is 8.29. The lowest BCUT2D eigenvalue weighted by molar-refractivity contribution is -0.131. The predicted octanol–water partition coefficient (Wildman–Crippen LogP) is 5.58. The van der Waals surface area contributed by atoms with Crippen LogP contribution in [0, 0.1) is 24.7 Å². The van der Waals surface area contributed by atoms with Crippen molar-refractivity contribution in [3.05, 3.63) is 35.4 Å². The molecular weight excluding hydrogens is 422 g/mol. The molecule has 4 rings (SSSR count). The van der Waals surface area contributed by atoms with E-state index in [9.17, 15) is 9.59 Å². The maximum absolute atomic E-state index is 13.3. The Labute approximate surface area is 205 Å². The van der Waals surface area contributed by atoms with E-state index in [-0.39, 0.29) is 5.91 Å². The summed E-state index contributed by atoms with van der Waals surface area (Å²) in [4.78, 5) is 32.5. The highest BCUT2D eigenvalue weighted by Crippen LogP contribution is 2.42. The lowest BCUT2D eigenvalue weighted by atomic mass is 9.71. The fourth-order valence-corrected chi connectivity index (χ4v) is 6.65. The van der Waals surface area contributed by atoms with E-state index in [0.29, 0.717) is 36.4 Å². The average molecular weight is 466 g/mol. The molecule has 1 aliphatic heterocycles. The van der Waals surface area contributed by atoms with Crippen LogP contribution in [0.5, 0.6) is 0 Å². The van der Waals surface area contributed by atoms with Crippen molar-refractivity contribution in [3.63, 3.8) is 0 Å². The number of hydrogen-bond donors (Lipinski definition) is 1. The second-order valence-electron chi connectivity index (χ2n) is 11.4. The van der Waals surface area contributed by atoms with Crippen molar-refractivity contribution in [2.24, 2.45) is 28.5 Å². The van der Waals surface area contributed by atoms with Gasteiger partial charge in [0.2, 0.25) is 0 Å². The number of ketones is 1. The lowest BCUT2D eigenvalue weighted by Gasteiger charge is -2.35. The molecule has 0 spiro atoms. The second-order valence-corrected chi connectivity index (χ2v) is 11.4. The molecule has 1 heterocycles. The largest absolute Gasteiger partial charge is 0.369 e. The summed E-state index contributed by atoms with van der Waals surface area (Å²) in [5.41, 5.74) is 7.79. The van der Waals surface area contributed by atoms with Crippen LogP contribution >= 0.6 is 0 Å². The number of amides is 1. The number of aryl methyl sites for hydroxylation is 1. The van der Waals surface area contributed by atoms with Crippen molar-refractivity contribution in [1.82, 2.24) is 4.90 Å². The third kappa shape index (κ3) is 6.09. The summed E-state index contributed by atoms with van der Waals surface area (Å²) in [6.45, 7) is 2.07. The summed E-state index contributed by atoms with van der Waals surface area (Å²) in [6.07, 6.45) is 14.8. The molecule has 34 heavy (non-hydrogen) atoms. The van der Waals surface area contributed by atoms with Crippen LogP contribution in [-0.4, -0.2) is 35.1 Å². The molecule has 0 bridgehead atoms. The highest BCUT2D eigenvalue weighted by Gasteiger charge is 2.48. The minimum absolute atomic E-state index is 0.0818. The van der Waals surface area contributed by atoms with Crippen molar-refractivity contribution in [3.8, 4) is 0 Å². The minimum atomic E-state index is -0.686. The Kier molecular flexibility index (Phi) is 8.10. The normalized spacial score (nSPS) is 28.2. The van der Waals surface area contributed by atoms with E-state index < -0.39 is 5.54 Å². The van der Waals surface area contributed by atoms with E-state index in [1.54, 1.807) is 11.9 Å². The number of benzene rings is 1. The van der Waals surface area contributed by atoms with Gasteiger partial charge in [-0.05, 0) is 55.9 Å². The highest BCUT2D eigenvalue weighted by atomic mass is 16.2. The number of guanidine groups is 1. The Balaban J connectivity index is 1.36. The van der Waals surface area contributed by atoms with Crippen LogP contribution in [0.25, 0.3) is 0 Å². The quantitative estimate of drug-likeness (QED) is 0.517. The van der Waals surface area contributed by atoms with Gasteiger partial charge in [-0.15, -0.1) is 0 Å². The van der Waals surface area contributed by atoms with Gasteiger partial charge >= 0.3 is 0 Å². The van der Waals surface area contributed by atoms with Crippen LogP contribution in [0.1, 0.15) is 94.6 Å². The van der Waals surface area contributed by atoms with Crippen molar-refractivity contribution in [1.29, 1.82) is 0 Å². The van der Waals surface area contributed by atoms with Gasteiger partial charge in [-0.3, -0.25) is 14.5 Å². The number of carbonyl (C=O) groups excluding carboxylic acids is 2. The molecule has 1 aromatic rings. The first kappa shape index (κ1) is 24.9. The zero-order valence-electron chi connectivity index (χ0n) is 21.2. The molecule has 2 fully saturated rings. The molecule has 2 saturated carbocycles. The zero-order chi connectivity index (χ0) is 24.1. The molecule has 0 aromatic heterocycles. The Morgan fingerprint density at radius 2 is 1.71 bits per heavy atom. The maximum Gasteiger partial charge on any atom is 0.257 e. The smallest absolute Gasteiger partial charge is 0.257 e. The number of Topliss-reactive ketones (excluding diaryl/α,β-unsaturated/α-hetero) is 1. The van der Waals surface area contributed by atoms with E-state index in [2.05, 4.69) is 31.2 Å². The molecule has 1 aromatic carbocycles. The number of hydrogen-bond acceptors (Lipinski definition) is 4. The molecule has 3 atom stereocenters. The molecule has 5 heteroatoms. The summed E-state index contributed by atoms with van der Waals surface area (Å²) in [5, 5.41) is 0. The van der Waals surface area contributed by atoms with Gasteiger partial charge in [0, 0.05) is 19.9 Å². The van der Waals surface area contributed by atoms with E-state index >= 15 is 0 Å². The van der Waals surface area contributed by atoms with E-state index in [1.165, 1.54) is 37.7 Å². The van der Waals surface area contributed by atoms with Gasteiger partial charge in [0.25, 0.3) is 5.91 Å². The second kappa shape index (κ2) is 11.0. The number of nitrogens with two attached hydrogens (primary N) is 1. The number of nitrogens with zero attached hydrogens (tertiary/aromatic N) is 2. The molecule has 186 valence electrons. The Morgan fingerprint density at radius 3 is 2.38 bits per heavy atom. The SMILES string of the molecule is Cc1ccc(CC(=O)C[C@@H]2CCC[C@H](C[C@@]3(CCC4CCCCC4)N=C(N)N(C)C3=O)C2)cc1. The zero-order valence-corrected chi connectivity index (χ0v) is 21.2. The van der Waals surface area contributed by atoms with Crippen LogP contribution in [0.2, 0.25) is 0 Å². The van der Waals surface area contributed by atoms with Crippen LogP contribution in [0.4, 0.5) is 0 Å². The van der Waals surface area contributed by atoms with E-state index in [0.717, 1.165) is 56.4 Å². The minimum Gasteiger partial charge on any atom is -0.369 e. The first-order valence-electron chi connectivity index (χ1n) is 13.6. The van der Waals surface area contributed by atoms with Gasteiger partial charge in [-0.2, -0.15) is 0 Å². The molecule has 3 aliphatic rings. The average Bonchev–Trinajstić information content (AvgIpc) is 3.04. The predicted molar refractivity (Wildman–Crippen MR) is 138 cm³/mol. The van der Waals surface area contributed by atoms with Gasteiger partial charge in [0.15, 0.2) is 5.96 Å². The number of rotatable bonds is 9. The van der Waals surface area contributed by atoms with Gasteiger partial charge in [0.05, 0.1) is 0 Å². The van der Waals surface area contributed by atoms with Gasteiger partial charge < -0.3 is 5.73 Å². The topological polar surface area (TPSA) is 75.8 Å². The van der Waals surface area contributed by atoms with Gasteiger partial charge in [-0.25, -0.2) is 4.99 Å². The van der Waals surface area contributed by atoms with Crippen molar-refractivity contribution in [2.45, 2.75) is 102 Å². The fourth-order valence-electron chi connectivity index (χ4n) is 6.65. The molecule has 0 unspecified atom stereocenters. The van der Waals surface area contributed by atoms with Gasteiger partial charge in [-0.1, -0.05) is 81.2 Å². The molecule has 5 nitrogen and oxygen atoms in total. The first-order chi connectivity index (χ1) is 16.3. The number of likely N-dealkylation sites (N-methyl/N-ethyl adjacent to an activating group) is 1. The van der Waals surface area contributed by atoms with Crippen LogP contribution in [0.3, 0.4) is 0 Å². The summed E-state index contributed by atoms with van der Waals surface area (Å²) < 4.78 is 0.